The number of carbonyl (C=O) groups excluding carboxylic acids is 5. The van der Waals surface area contributed by atoms with Crippen molar-refractivity contribution in [2.75, 3.05) is 119 Å². The molecule has 4 N–H and O–H groups in total. The van der Waals surface area contributed by atoms with Gasteiger partial charge in [-0.3, -0.25) is 48.3 Å². The molecular formula is C79H102N16O9. The molecule has 6 aliphatic heterocycles. The number of hydrogen-bond donors (Lipinski definition) is 4. The van der Waals surface area contributed by atoms with Crippen molar-refractivity contribution in [3.8, 4) is 0 Å². The summed E-state index contributed by atoms with van der Waals surface area (Å²) >= 11 is 0. The SMILES string of the molecule is CC[C@@H](OC(=O)O[C@H](CC)n1c(=O)c(C2CCN(C(=O)N[C@H](Cc3cc(C)c4[nH]ncc4c3)C(=O)N3CCN(C4CCN(C)CC4)CC3)CC2)cc2ccccc21)n1c(=O)c(C2CCN(C(=O)N[C@H](Cc3cc(C)c4[nH]ncc4c3)C(=O)N3CCN(C4CCN(C)CC4)CC3)CC2)cc2ccccc21. The number of rotatable bonds is 18. The average Bonchev–Trinajstić information content (AvgIpc) is 1.05. The number of H-pyrrole nitrogens is 2. The first kappa shape index (κ1) is 71.8. The number of benzene rings is 4. The summed E-state index contributed by atoms with van der Waals surface area (Å²) in [5.74, 6) is -0.679. The molecule has 0 unspecified atom stereocenters. The van der Waals surface area contributed by atoms with Crippen molar-refractivity contribution >= 4 is 73.6 Å². The van der Waals surface area contributed by atoms with Gasteiger partial charge in [-0.05, 0) is 187 Å². The van der Waals surface area contributed by atoms with E-state index < -0.39 is 30.7 Å². The predicted molar refractivity (Wildman–Crippen MR) is 401 cm³/mol. The normalized spacial score (nSPS) is 19.8. The van der Waals surface area contributed by atoms with Gasteiger partial charge in [-0.1, -0.05) is 62.4 Å². The molecule has 14 rings (SSSR count). The Kier molecular flexibility index (Phi) is 21.9. The van der Waals surface area contributed by atoms with Crippen molar-refractivity contribution in [1.82, 2.24) is 79.4 Å². The van der Waals surface area contributed by atoms with Crippen LogP contribution in [0, 0.1) is 13.8 Å². The van der Waals surface area contributed by atoms with Crippen LogP contribution in [0.15, 0.2) is 107 Å². The molecule has 0 saturated carbocycles. The van der Waals surface area contributed by atoms with Crippen molar-refractivity contribution in [3.05, 3.63) is 151 Å². The van der Waals surface area contributed by atoms with Crippen LogP contribution in [-0.2, 0) is 31.9 Å². The molecule has 0 bridgehead atoms. The number of fused-ring (bicyclic) bond motifs is 4. The fourth-order valence-corrected chi connectivity index (χ4v) is 17.4. The summed E-state index contributed by atoms with van der Waals surface area (Å²) in [7, 11) is 4.34. The van der Waals surface area contributed by atoms with Gasteiger partial charge in [-0.2, -0.15) is 10.2 Å². The van der Waals surface area contributed by atoms with Crippen LogP contribution in [0.3, 0.4) is 0 Å². The van der Waals surface area contributed by atoms with Gasteiger partial charge in [-0.15, -0.1) is 0 Å². The van der Waals surface area contributed by atoms with Crippen LogP contribution in [0.4, 0.5) is 14.4 Å². The van der Waals surface area contributed by atoms with Crippen LogP contribution in [-0.4, -0.2) is 242 Å². The first-order chi connectivity index (χ1) is 50.4. The van der Waals surface area contributed by atoms with Gasteiger partial charge in [0.2, 0.25) is 11.8 Å². The van der Waals surface area contributed by atoms with Gasteiger partial charge in [0.15, 0.2) is 12.5 Å². The highest BCUT2D eigenvalue weighted by Gasteiger charge is 2.38. The average molecular weight is 1420 g/mol. The Hall–Kier alpha value is -9.17. The van der Waals surface area contributed by atoms with Gasteiger partial charge in [0.05, 0.1) is 34.5 Å². The Morgan fingerprint density at radius 2 is 0.846 bits per heavy atom. The van der Waals surface area contributed by atoms with Gasteiger partial charge in [0.1, 0.15) is 12.1 Å². The molecule has 104 heavy (non-hydrogen) atoms. The minimum atomic E-state index is -1.09. The number of para-hydroxylation sites is 2. The molecule has 6 amide bonds. The lowest BCUT2D eigenvalue weighted by Gasteiger charge is -2.43. The minimum Gasteiger partial charge on any atom is -0.410 e. The molecule has 6 aliphatic rings. The number of likely N-dealkylation sites (tertiary alicyclic amines) is 4. The van der Waals surface area contributed by atoms with E-state index in [-0.39, 0.29) is 59.7 Å². The van der Waals surface area contributed by atoms with Crippen molar-refractivity contribution in [1.29, 1.82) is 0 Å². The number of ether oxygens (including phenoxy) is 2. The van der Waals surface area contributed by atoms with E-state index in [2.05, 4.69) is 76.9 Å². The summed E-state index contributed by atoms with van der Waals surface area (Å²) in [4.78, 5) is 120. The Bertz CT molecular complexity index is 4260. The van der Waals surface area contributed by atoms with Crippen LogP contribution >= 0.6 is 0 Å². The fourth-order valence-electron chi connectivity index (χ4n) is 17.4. The Labute approximate surface area is 607 Å². The summed E-state index contributed by atoms with van der Waals surface area (Å²) < 4.78 is 15.5. The van der Waals surface area contributed by atoms with Gasteiger partial charge >= 0.3 is 18.2 Å². The molecule has 8 aromatic rings. The maximum atomic E-state index is 15.2. The molecule has 6 fully saturated rings. The van der Waals surface area contributed by atoms with E-state index in [1.807, 2.05) is 110 Å². The van der Waals surface area contributed by atoms with Crippen molar-refractivity contribution < 1.29 is 33.4 Å². The van der Waals surface area contributed by atoms with E-state index in [1.165, 1.54) is 9.13 Å². The quantitative estimate of drug-likeness (QED) is 0.0585. The van der Waals surface area contributed by atoms with E-state index in [9.17, 15) is 24.0 Å². The molecule has 4 aromatic heterocycles. The van der Waals surface area contributed by atoms with Crippen molar-refractivity contribution in [3.63, 3.8) is 0 Å². The van der Waals surface area contributed by atoms with Crippen LogP contribution in [0.5, 0.6) is 0 Å². The lowest BCUT2D eigenvalue weighted by molar-refractivity contribution is -0.136. The molecule has 552 valence electrons. The summed E-state index contributed by atoms with van der Waals surface area (Å²) in [5.41, 5.74) is 7.33. The predicted octanol–water partition coefficient (Wildman–Crippen LogP) is 8.83. The molecule has 0 radical (unpaired) electrons. The molecule has 25 heteroatoms. The molecule has 0 spiro atoms. The number of nitrogens with zero attached hydrogens (tertiary/aromatic N) is 12. The third-order valence-corrected chi connectivity index (χ3v) is 23.5. The van der Waals surface area contributed by atoms with E-state index in [4.69, 9.17) is 9.47 Å². The van der Waals surface area contributed by atoms with E-state index in [1.54, 1.807) is 22.2 Å². The number of piperidine rings is 4. The molecule has 10 heterocycles. The number of aryl methyl sites for hydroxylation is 2. The lowest BCUT2D eigenvalue weighted by atomic mass is 9.89. The molecule has 4 atom stereocenters. The number of nitrogens with one attached hydrogen (secondary N) is 4. The first-order valence-electron chi connectivity index (χ1n) is 38.0. The Balaban J connectivity index is 0.631. The number of aromatic amines is 2. The highest BCUT2D eigenvalue weighted by Crippen LogP contribution is 2.34. The smallest absolute Gasteiger partial charge is 0.410 e. The summed E-state index contributed by atoms with van der Waals surface area (Å²) in [5, 5.41) is 24.5. The minimum absolute atomic E-state index is 0.0979. The zero-order valence-electron chi connectivity index (χ0n) is 61.2. The molecular weight excluding hydrogens is 1320 g/mol. The number of amides is 6. The Morgan fingerprint density at radius 1 is 0.471 bits per heavy atom. The van der Waals surface area contributed by atoms with Crippen molar-refractivity contribution in [2.24, 2.45) is 0 Å². The fraction of sp³-hybridized carbons (Fsp3) is 0.532. The number of urea groups is 2. The van der Waals surface area contributed by atoms with E-state index in [0.29, 0.717) is 125 Å². The van der Waals surface area contributed by atoms with E-state index in [0.717, 1.165) is 133 Å². The van der Waals surface area contributed by atoms with Crippen LogP contribution < -0.4 is 21.8 Å². The number of carbonyl (C=O) groups is 5. The number of pyridine rings is 2. The lowest BCUT2D eigenvalue weighted by Crippen LogP contribution is -2.59. The highest BCUT2D eigenvalue weighted by molar-refractivity contribution is 5.90. The molecule has 0 aliphatic carbocycles. The Morgan fingerprint density at radius 3 is 1.22 bits per heavy atom. The maximum Gasteiger partial charge on any atom is 0.512 e. The first-order valence-corrected chi connectivity index (χ1v) is 38.0. The second-order valence-electron chi connectivity index (χ2n) is 30.1. The number of hydrogen-bond acceptors (Lipinski definition) is 15. The molecule has 6 saturated heterocycles. The summed E-state index contributed by atoms with van der Waals surface area (Å²) in [6.07, 6.45) is 7.77. The maximum absolute atomic E-state index is 15.2. The van der Waals surface area contributed by atoms with Gasteiger partial charge < -0.3 is 49.5 Å². The van der Waals surface area contributed by atoms with Crippen LogP contribution in [0.1, 0.15) is 136 Å². The third kappa shape index (κ3) is 15.5. The van der Waals surface area contributed by atoms with Crippen LogP contribution in [0.2, 0.25) is 0 Å². The largest absolute Gasteiger partial charge is 0.512 e. The van der Waals surface area contributed by atoms with E-state index >= 15 is 9.59 Å². The zero-order chi connectivity index (χ0) is 72.3. The van der Waals surface area contributed by atoms with Crippen molar-refractivity contribution in [2.45, 2.75) is 153 Å². The second kappa shape index (κ2) is 31.7. The second-order valence-corrected chi connectivity index (χ2v) is 30.1. The van der Waals surface area contributed by atoms with Gasteiger partial charge in [-0.25, -0.2) is 14.4 Å². The third-order valence-electron chi connectivity index (χ3n) is 23.5. The molecule has 4 aromatic carbocycles. The molecule has 25 nitrogen and oxygen atoms in total. The van der Waals surface area contributed by atoms with Gasteiger partial charge in [0.25, 0.3) is 11.1 Å². The summed E-state index contributed by atoms with van der Waals surface area (Å²) in [6, 6.07) is 25.8. The number of piperazine rings is 2. The standard InChI is InChI=1S/C79H102N16O9/c1-7-69(94-67-15-11-9-13-57(67)47-63(73(94)96)55-17-29-92(30-18-55)77(100)82-65(45-53-41-51(3)71-59(43-53)49-80-84-71)75(98)90-37-33-88(34-38-90)61-21-25-86(5)26-22-61)103-79(102)104-70(8-2)95-68-16-12-10-14-58(68)48-64(74(95)97)56-19-31-93(32-20-56)78(101)83-66(46-54-42-52(4)72-60(44-54)50-81-85-72)76(99)91-39-35-89(36-40-91)62-23-27-87(6)28-24-62/h9-16,41-44,47-50,55-56,61-62,65-66,69-70H,7-8,17-40,45-46H2,1-6H3,(H,80,84)(H,81,85)(H,82,100)(H,83,101)/t65-,66-,69-,70-/m1/s1. The highest BCUT2D eigenvalue weighted by atomic mass is 16.7. The number of aromatic nitrogens is 6. The summed E-state index contributed by atoms with van der Waals surface area (Å²) in [6.45, 7) is 18.9. The van der Waals surface area contributed by atoms with Crippen LogP contribution in [0.25, 0.3) is 43.6 Å². The topological polar surface area (TPSA) is 255 Å². The zero-order valence-corrected chi connectivity index (χ0v) is 61.2. The monoisotopic (exact) mass is 1420 g/mol. The van der Waals surface area contributed by atoms with Gasteiger partial charge in [0, 0.05) is 138 Å².